The first-order chi connectivity index (χ1) is 9.08. The average Bonchev–Trinajstić information content (AvgIpc) is 2.42. The number of nitrogen functional groups attached to an aromatic ring is 1. The predicted octanol–water partition coefficient (Wildman–Crippen LogP) is 1.47. The minimum atomic E-state index is -0.168. The van der Waals surface area contributed by atoms with Gasteiger partial charge in [-0.2, -0.15) is 0 Å². The van der Waals surface area contributed by atoms with E-state index in [9.17, 15) is 9.90 Å². The van der Waals surface area contributed by atoms with Gasteiger partial charge in [-0.05, 0) is 37.0 Å². The minimum Gasteiger partial charge on any atom is -0.508 e. The second-order valence-corrected chi connectivity index (χ2v) is 5.04. The number of rotatable bonds is 3. The van der Waals surface area contributed by atoms with E-state index in [2.05, 4.69) is 0 Å². The number of benzene rings is 1. The number of ether oxygens (including phenoxy) is 1. The number of carbonyl (C=O) groups is 1. The summed E-state index contributed by atoms with van der Waals surface area (Å²) < 4.78 is 5.41. The molecular formula is C14H20N2O3. The van der Waals surface area contributed by atoms with Crippen LogP contribution in [0.15, 0.2) is 18.2 Å². The Balaban J connectivity index is 2.03. The summed E-state index contributed by atoms with van der Waals surface area (Å²) in [4.78, 5) is 13.9. The van der Waals surface area contributed by atoms with Crippen LogP contribution in [-0.4, -0.2) is 42.7 Å². The monoisotopic (exact) mass is 264 g/mol. The van der Waals surface area contributed by atoms with Gasteiger partial charge in [0.15, 0.2) is 0 Å². The highest BCUT2D eigenvalue weighted by atomic mass is 16.5. The third-order valence-corrected chi connectivity index (χ3v) is 3.40. The van der Waals surface area contributed by atoms with Crippen molar-refractivity contribution in [2.24, 2.45) is 5.92 Å². The molecule has 0 aromatic heterocycles. The molecule has 1 saturated heterocycles. The fourth-order valence-corrected chi connectivity index (χ4v) is 2.36. The standard InChI is InChI=1S/C14H20N2O3/c1-16(8-10-3-2-6-19-9-10)14(18)12-7-11(17)4-5-13(12)15/h4-5,7,10,17H,2-3,6,8-9,15H2,1H3. The maximum Gasteiger partial charge on any atom is 0.255 e. The zero-order chi connectivity index (χ0) is 13.8. The van der Waals surface area contributed by atoms with Gasteiger partial charge >= 0.3 is 0 Å². The van der Waals surface area contributed by atoms with Crippen molar-refractivity contribution in [2.75, 3.05) is 32.5 Å². The summed E-state index contributed by atoms with van der Waals surface area (Å²) in [6, 6.07) is 4.42. The van der Waals surface area contributed by atoms with Crippen molar-refractivity contribution in [3.05, 3.63) is 23.8 Å². The number of phenols is 1. The highest BCUT2D eigenvalue weighted by Gasteiger charge is 2.21. The fraction of sp³-hybridized carbons (Fsp3) is 0.500. The van der Waals surface area contributed by atoms with Crippen LogP contribution in [0.2, 0.25) is 0 Å². The normalized spacial score (nSPS) is 19.1. The van der Waals surface area contributed by atoms with Gasteiger partial charge < -0.3 is 20.5 Å². The average molecular weight is 264 g/mol. The number of anilines is 1. The largest absolute Gasteiger partial charge is 0.508 e. The van der Waals surface area contributed by atoms with Crippen molar-refractivity contribution in [1.29, 1.82) is 0 Å². The lowest BCUT2D eigenvalue weighted by Gasteiger charge is -2.27. The number of nitrogens with zero attached hydrogens (tertiary/aromatic N) is 1. The molecule has 1 heterocycles. The summed E-state index contributed by atoms with van der Waals surface area (Å²) in [5.41, 5.74) is 6.51. The second-order valence-electron chi connectivity index (χ2n) is 5.04. The van der Waals surface area contributed by atoms with E-state index in [0.717, 1.165) is 19.4 Å². The van der Waals surface area contributed by atoms with Crippen LogP contribution in [-0.2, 0) is 4.74 Å². The minimum absolute atomic E-state index is 0.0481. The van der Waals surface area contributed by atoms with E-state index in [0.29, 0.717) is 30.3 Å². The van der Waals surface area contributed by atoms with Crippen LogP contribution in [0.3, 0.4) is 0 Å². The molecule has 0 aliphatic carbocycles. The van der Waals surface area contributed by atoms with E-state index in [1.807, 2.05) is 0 Å². The molecule has 1 aromatic carbocycles. The lowest BCUT2D eigenvalue weighted by molar-refractivity contribution is 0.0389. The van der Waals surface area contributed by atoms with Gasteiger partial charge in [-0.25, -0.2) is 0 Å². The zero-order valence-corrected chi connectivity index (χ0v) is 11.1. The molecule has 1 amide bonds. The molecule has 1 aromatic rings. The van der Waals surface area contributed by atoms with Crippen molar-refractivity contribution in [1.82, 2.24) is 4.90 Å². The van der Waals surface area contributed by atoms with Crippen LogP contribution >= 0.6 is 0 Å². The number of hydrogen-bond donors (Lipinski definition) is 2. The molecule has 2 rings (SSSR count). The molecule has 1 aliphatic rings. The maximum absolute atomic E-state index is 12.3. The number of phenolic OH excluding ortho intramolecular Hbond substituents is 1. The van der Waals surface area contributed by atoms with Gasteiger partial charge in [-0.3, -0.25) is 4.79 Å². The van der Waals surface area contributed by atoms with Crippen LogP contribution in [0.25, 0.3) is 0 Å². The lowest BCUT2D eigenvalue weighted by atomic mass is 10.0. The Labute approximate surface area is 113 Å². The number of hydrogen-bond acceptors (Lipinski definition) is 4. The van der Waals surface area contributed by atoms with Gasteiger partial charge in [0.05, 0.1) is 12.2 Å². The molecule has 0 saturated carbocycles. The summed E-state index contributed by atoms with van der Waals surface area (Å²) in [5.74, 6) is 0.257. The molecule has 1 unspecified atom stereocenters. The van der Waals surface area contributed by atoms with Crippen LogP contribution in [0.1, 0.15) is 23.2 Å². The number of amides is 1. The van der Waals surface area contributed by atoms with E-state index in [1.165, 1.54) is 12.1 Å². The Morgan fingerprint density at radius 1 is 1.58 bits per heavy atom. The Hall–Kier alpha value is -1.75. The topological polar surface area (TPSA) is 75.8 Å². The molecule has 1 aliphatic heterocycles. The van der Waals surface area contributed by atoms with Gasteiger partial charge in [0.2, 0.25) is 0 Å². The van der Waals surface area contributed by atoms with Gasteiger partial charge in [-0.1, -0.05) is 0 Å². The maximum atomic E-state index is 12.3. The third kappa shape index (κ3) is 3.38. The van der Waals surface area contributed by atoms with E-state index in [4.69, 9.17) is 10.5 Å². The van der Waals surface area contributed by atoms with Crippen molar-refractivity contribution in [3.8, 4) is 5.75 Å². The van der Waals surface area contributed by atoms with E-state index >= 15 is 0 Å². The first-order valence-electron chi connectivity index (χ1n) is 6.49. The van der Waals surface area contributed by atoms with Crippen LogP contribution in [0, 0.1) is 5.92 Å². The second kappa shape index (κ2) is 5.93. The number of aromatic hydroxyl groups is 1. The molecule has 19 heavy (non-hydrogen) atoms. The molecule has 104 valence electrons. The highest BCUT2D eigenvalue weighted by Crippen LogP contribution is 2.21. The summed E-state index contributed by atoms with van der Waals surface area (Å²) in [6.45, 7) is 2.16. The Morgan fingerprint density at radius 2 is 2.37 bits per heavy atom. The molecule has 1 atom stereocenters. The number of carbonyl (C=O) groups excluding carboxylic acids is 1. The lowest BCUT2D eigenvalue weighted by Crippen LogP contribution is -2.35. The third-order valence-electron chi connectivity index (χ3n) is 3.40. The molecule has 0 radical (unpaired) electrons. The quantitative estimate of drug-likeness (QED) is 0.640. The summed E-state index contributed by atoms with van der Waals surface area (Å²) in [5, 5.41) is 9.44. The Bertz CT molecular complexity index is 456. The molecule has 3 N–H and O–H groups in total. The summed E-state index contributed by atoms with van der Waals surface area (Å²) in [6.07, 6.45) is 2.12. The summed E-state index contributed by atoms with van der Waals surface area (Å²) in [7, 11) is 1.75. The molecule has 0 bridgehead atoms. The van der Waals surface area contributed by atoms with Gasteiger partial charge in [0, 0.05) is 25.9 Å². The van der Waals surface area contributed by atoms with Gasteiger partial charge in [0.25, 0.3) is 5.91 Å². The highest BCUT2D eigenvalue weighted by molar-refractivity contribution is 5.99. The molecule has 1 fully saturated rings. The van der Waals surface area contributed by atoms with Crippen LogP contribution in [0.4, 0.5) is 5.69 Å². The number of nitrogens with two attached hydrogens (primary N) is 1. The van der Waals surface area contributed by atoms with Gasteiger partial charge in [-0.15, -0.1) is 0 Å². The van der Waals surface area contributed by atoms with Crippen molar-refractivity contribution >= 4 is 11.6 Å². The van der Waals surface area contributed by atoms with Crippen LogP contribution in [0.5, 0.6) is 5.75 Å². The molecule has 5 heteroatoms. The first kappa shape index (κ1) is 13.7. The smallest absolute Gasteiger partial charge is 0.255 e. The summed E-state index contributed by atoms with van der Waals surface area (Å²) >= 11 is 0. The Morgan fingerprint density at radius 3 is 3.05 bits per heavy atom. The van der Waals surface area contributed by atoms with Crippen molar-refractivity contribution in [2.45, 2.75) is 12.8 Å². The van der Waals surface area contributed by atoms with E-state index in [1.54, 1.807) is 18.0 Å². The molecular weight excluding hydrogens is 244 g/mol. The molecule has 5 nitrogen and oxygen atoms in total. The van der Waals surface area contributed by atoms with Gasteiger partial charge in [0.1, 0.15) is 5.75 Å². The zero-order valence-electron chi connectivity index (χ0n) is 11.1. The predicted molar refractivity (Wildman–Crippen MR) is 73.0 cm³/mol. The molecule has 0 spiro atoms. The first-order valence-corrected chi connectivity index (χ1v) is 6.49. The van der Waals surface area contributed by atoms with Crippen molar-refractivity contribution in [3.63, 3.8) is 0 Å². The van der Waals surface area contributed by atoms with Crippen molar-refractivity contribution < 1.29 is 14.6 Å². The van der Waals surface area contributed by atoms with E-state index in [-0.39, 0.29) is 11.7 Å². The SMILES string of the molecule is CN(CC1CCCOC1)C(=O)c1cc(O)ccc1N. The van der Waals surface area contributed by atoms with E-state index < -0.39 is 0 Å². The fourth-order valence-electron chi connectivity index (χ4n) is 2.36. The van der Waals surface area contributed by atoms with Crippen LogP contribution < -0.4 is 5.73 Å². The Kier molecular flexibility index (Phi) is 4.27.